The van der Waals surface area contributed by atoms with Crippen molar-refractivity contribution < 1.29 is 23.9 Å². The molecule has 0 saturated carbocycles. The molecule has 9 nitrogen and oxygen atoms in total. The minimum atomic E-state index is -0.862. The zero-order chi connectivity index (χ0) is 25.3. The van der Waals surface area contributed by atoms with Crippen LogP contribution in [0.25, 0.3) is 0 Å². The highest BCUT2D eigenvalue weighted by atomic mass is 127. The largest absolute Gasteiger partial charge is 0.493 e. The molecule has 2 aromatic carbocycles. The Morgan fingerprint density at radius 1 is 1.21 bits per heavy atom. The lowest BCUT2D eigenvalue weighted by Gasteiger charge is -2.14. The molecule has 0 bridgehead atoms. The zero-order valence-electron chi connectivity index (χ0n) is 19.2. The number of benzene rings is 2. The molecule has 0 unspecified atom stereocenters. The van der Waals surface area contributed by atoms with Crippen LogP contribution < -0.4 is 25.5 Å². The van der Waals surface area contributed by atoms with Gasteiger partial charge in [-0.3, -0.25) is 14.4 Å². The van der Waals surface area contributed by atoms with Crippen LogP contribution >= 0.6 is 34.2 Å². The third kappa shape index (κ3) is 8.17. The van der Waals surface area contributed by atoms with Gasteiger partial charge in [0.15, 0.2) is 18.1 Å². The fourth-order valence-electron chi connectivity index (χ4n) is 2.57. The van der Waals surface area contributed by atoms with Crippen molar-refractivity contribution in [2.24, 2.45) is 5.10 Å². The Kier molecular flexibility index (Phi) is 10.6. The lowest BCUT2D eigenvalue weighted by atomic mass is 10.2. The quantitative estimate of drug-likeness (QED) is 0.176. The van der Waals surface area contributed by atoms with Crippen molar-refractivity contribution in [3.05, 3.63) is 50.1 Å². The van der Waals surface area contributed by atoms with Gasteiger partial charge in [-0.15, -0.1) is 0 Å². The number of hydrazone groups is 1. The first kappa shape index (κ1) is 27.4. The molecule has 0 heterocycles. The van der Waals surface area contributed by atoms with E-state index in [1.807, 2.05) is 42.5 Å². The van der Waals surface area contributed by atoms with Crippen molar-refractivity contribution in [1.82, 2.24) is 10.7 Å². The number of methoxy groups -OCH3 is 1. The number of rotatable bonds is 9. The normalized spacial score (nSPS) is 11.6. The fourth-order valence-corrected chi connectivity index (χ4v) is 3.53. The molecular formula is C23H26ClIN4O5. The van der Waals surface area contributed by atoms with Crippen LogP contribution in [-0.2, 0) is 14.4 Å². The molecule has 0 aromatic heterocycles. The van der Waals surface area contributed by atoms with E-state index in [1.165, 1.54) is 13.3 Å². The van der Waals surface area contributed by atoms with E-state index in [0.717, 1.165) is 5.56 Å². The van der Waals surface area contributed by atoms with E-state index < -0.39 is 11.8 Å². The van der Waals surface area contributed by atoms with Crippen molar-refractivity contribution in [3.8, 4) is 11.5 Å². The molecule has 11 heteroatoms. The second-order valence-electron chi connectivity index (χ2n) is 7.32. The van der Waals surface area contributed by atoms with Crippen LogP contribution in [0, 0.1) is 10.5 Å². The van der Waals surface area contributed by atoms with Gasteiger partial charge in [-0.25, -0.2) is 5.43 Å². The number of amides is 3. The van der Waals surface area contributed by atoms with Gasteiger partial charge < -0.3 is 20.1 Å². The minimum absolute atomic E-state index is 0.114. The summed E-state index contributed by atoms with van der Waals surface area (Å²) in [7, 11) is 1.47. The number of carbonyl (C=O) groups excluding carboxylic acids is 3. The van der Waals surface area contributed by atoms with E-state index in [1.54, 1.807) is 31.2 Å². The number of hydrogen-bond acceptors (Lipinski definition) is 6. The molecule has 0 aliphatic carbocycles. The third-order valence-electron chi connectivity index (χ3n) is 4.63. The molecule has 0 aliphatic rings. The number of halogens is 2. The van der Waals surface area contributed by atoms with Crippen molar-refractivity contribution >= 4 is 63.8 Å². The highest BCUT2D eigenvalue weighted by Crippen LogP contribution is 2.33. The topological polar surface area (TPSA) is 118 Å². The lowest BCUT2D eigenvalue weighted by molar-refractivity contribution is -0.139. The molecule has 0 fully saturated rings. The molecule has 182 valence electrons. The van der Waals surface area contributed by atoms with E-state index in [4.69, 9.17) is 21.1 Å². The number of hydrogen-bond donors (Lipinski definition) is 3. The minimum Gasteiger partial charge on any atom is -0.493 e. The molecule has 0 saturated heterocycles. The number of carbonyl (C=O) groups is 3. The first-order chi connectivity index (χ1) is 16.1. The molecule has 1 atom stereocenters. The SMILES string of the molecule is CC[C@H](C)NC(=O)C(=O)N/N=C\c1cc(I)c(OCC(=O)Nc2ccc(C)c(Cl)c2)c(OC)c1. The summed E-state index contributed by atoms with van der Waals surface area (Å²) in [5.41, 5.74) is 4.25. The van der Waals surface area contributed by atoms with Crippen LogP contribution in [0.1, 0.15) is 31.4 Å². The summed E-state index contributed by atoms with van der Waals surface area (Å²) in [5.74, 6) is -1.22. The van der Waals surface area contributed by atoms with Crippen molar-refractivity contribution in [1.29, 1.82) is 0 Å². The van der Waals surface area contributed by atoms with Gasteiger partial charge >= 0.3 is 11.8 Å². The molecule has 0 spiro atoms. The number of aryl methyl sites for hydroxylation is 1. The summed E-state index contributed by atoms with van der Waals surface area (Å²) in [4.78, 5) is 35.9. The number of ether oxygens (including phenoxy) is 2. The monoisotopic (exact) mass is 600 g/mol. The second-order valence-corrected chi connectivity index (χ2v) is 8.89. The van der Waals surface area contributed by atoms with Crippen molar-refractivity contribution in [3.63, 3.8) is 0 Å². The molecular weight excluding hydrogens is 575 g/mol. The Morgan fingerprint density at radius 3 is 2.59 bits per heavy atom. The summed E-state index contributed by atoms with van der Waals surface area (Å²) in [6.07, 6.45) is 2.08. The lowest BCUT2D eigenvalue weighted by Crippen LogP contribution is -2.41. The first-order valence-corrected chi connectivity index (χ1v) is 11.8. The Labute approximate surface area is 216 Å². The second kappa shape index (κ2) is 13.1. The van der Waals surface area contributed by atoms with Gasteiger partial charge in [0.1, 0.15) is 0 Å². The van der Waals surface area contributed by atoms with Crippen LogP contribution in [0.5, 0.6) is 11.5 Å². The number of nitrogens with one attached hydrogen (secondary N) is 3. The maximum atomic E-state index is 12.3. The number of anilines is 1. The average molecular weight is 601 g/mol. The van der Waals surface area contributed by atoms with E-state index in [0.29, 0.717) is 37.8 Å². The van der Waals surface area contributed by atoms with Gasteiger partial charge in [-0.2, -0.15) is 5.10 Å². The van der Waals surface area contributed by atoms with Gasteiger partial charge in [-0.05, 0) is 78.3 Å². The summed E-state index contributed by atoms with van der Waals surface area (Å²) in [5, 5.41) is 9.65. The molecule has 0 aliphatic heterocycles. The van der Waals surface area contributed by atoms with E-state index in [9.17, 15) is 14.4 Å². The summed E-state index contributed by atoms with van der Waals surface area (Å²) < 4.78 is 11.7. The molecule has 3 amide bonds. The number of nitrogens with zero attached hydrogens (tertiary/aromatic N) is 1. The zero-order valence-corrected chi connectivity index (χ0v) is 22.1. The summed E-state index contributed by atoms with van der Waals surface area (Å²) in [6, 6.07) is 8.47. The molecule has 34 heavy (non-hydrogen) atoms. The highest BCUT2D eigenvalue weighted by molar-refractivity contribution is 14.1. The molecule has 2 rings (SSSR count). The maximum absolute atomic E-state index is 12.3. The maximum Gasteiger partial charge on any atom is 0.329 e. The van der Waals surface area contributed by atoms with E-state index in [2.05, 4.69) is 21.2 Å². The highest BCUT2D eigenvalue weighted by Gasteiger charge is 2.15. The van der Waals surface area contributed by atoms with Crippen LogP contribution in [0.2, 0.25) is 5.02 Å². The van der Waals surface area contributed by atoms with E-state index in [-0.39, 0.29) is 18.6 Å². The first-order valence-electron chi connectivity index (χ1n) is 10.3. The summed E-state index contributed by atoms with van der Waals surface area (Å²) in [6.45, 7) is 5.33. The van der Waals surface area contributed by atoms with Crippen molar-refractivity contribution in [2.45, 2.75) is 33.2 Å². The average Bonchev–Trinajstić information content (AvgIpc) is 2.80. The standard InChI is InChI=1S/C23H26ClIN4O5/c1-5-14(3)27-22(31)23(32)29-26-11-15-8-18(25)21(19(9-15)33-4)34-12-20(30)28-16-7-6-13(2)17(24)10-16/h6-11,14H,5,12H2,1-4H3,(H,27,31)(H,28,30)(H,29,32)/b26-11-/t14-/m0/s1. The van der Waals surface area contributed by atoms with Crippen LogP contribution in [0.4, 0.5) is 5.69 Å². The molecule has 0 radical (unpaired) electrons. The smallest absolute Gasteiger partial charge is 0.329 e. The van der Waals surface area contributed by atoms with Crippen molar-refractivity contribution in [2.75, 3.05) is 19.0 Å². The van der Waals surface area contributed by atoms with Gasteiger partial charge in [0, 0.05) is 16.8 Å². The Hall–Kier alpha value is -2.86. The van der Waals surface area contributed by atoms with Crippen LogP contribution in [0.3, 0.4) is 0 Å². The Bertz CT molecular complexity index is 1090. The predicted molar refractivity (Wildman–Crippen MR) is 140 cm³/mol. The molecule has 3 N–H and O–H groups in total. The Morgan fingerprint density at radius 2 is 1.94 bits per heavy atom. The fraction of sp³-hybridized carbons (Fsp3) is 0.304. The predicted octanol–water partition coefficient (Wildman–Crippen LogP) is 3.64. The third-order valence-corrected chi connectivity index (χ3v) is 5.84. The Balaban J connectivity index is 2.00. The molecule has 2 aromatic rings. The van der Waals surface area contributed by atoms with Gasteiger partial charge in [0.25, 0.3) is 5.91 Å². The summed E-state index contributed by atoms with van der Waals surface area (Å²) >= 11 is 8.13. The van der Waals surface area contributed by atoms with E-state index >= 15 is 0 Å². The van der Waals surface area contributed by atoms with Crippen LogP contribution in [-0.4, -0.2) is 43.7 Å². The van der Waals surface area contributed by atoms with Gasteiger partial charge in [-0.1, -0.05) is 24.6 Å². The van der Waals surface area contributed by atoms with Gasteiger partial charge in [0.05, 0.1) is 16.9 Å². The van der Waals surface area contributed by atoms with Gasteiger partial charge in [0.2, 0.25) is 0 Å². The van der Waals surface area contributed by atoms with Crippen LogP contribution in [0.15, 0.2) is 35.4 Å².